The van der Waals surface area contributed by atoms with Gasteiger partial charge in [-0.05, 0) is 68.3 Å². The number of amides is 2. The van der Waals surface area contributed by atoms with Crippen molar-refractivity contribution in [3.8, 4) is 17.1 Å². The Morgan fingerprint density at radius 2 is 1.97 bits per heavy atom. The molecule has 0 radical (unpaired) electrons. The third-order valence-corrected chi connectivity index (χ3v) is 6.84. The number of methoxy groups -OCH3 is 1. The molecule has 0 bridgehead atoms. The van der Waals surface area contributed by atoms with Crippen molar-refractivity contribution < 1.29 is 18.8 Å². The highest BCUT2D eigenvalue weighted by Gasteiger charge is 2.18. The first-order valence-corrected chi connectivity index (χ1v) is 12.8. The predicted molar refractivity (Wildman–Crippen MR) is 150 cm³/mol. The number of nitrogens with zero attached hydrogens (tertiary/aromatic N) is 2. The van der Waals surface area contributed by atoms with Gasteiger partial charge in [0.1, 0.15) is 5.75 Å². The van der Waals surface area contributed by atoms with Crippen LogP contribution in [0.4, 0.5) is 5.69 Å². The Morgan fingerprint density at radius 3 is 2.67 bits per heavy atom. The third-order valence-electron chi connectivity index (χ3n) is 6.84. The molecule has 0 aliphatic rings. The summed E-state index contributed by atoms with van der Waals surface area (Å²) in [5, 5.41) is 11.5. The molecule has 0 saturated heterocycles. The summed E-state index contributed by atoms with van der Waals surface area (Å²) in [7, 11) is 3.35. The summed E-state index contributed by atoms with van der Waals surface area (Å²) < 4.78 is 10.3. The van der Waals surface area contributed by atoms with Gasteiger partial charge < -0.3 is 20.3 Å². The lowest BCUT2D eigenvalue weighted by Crippen LogP contribution is -2.44. The summed E-state index contributed by atoms with van der Waals surface area (Å²) in [6, 6.07) is 16.9. The summed E-state index contributed by atoms with van der Waals surface area (Å²) in [6.45, 7) is 4.08. The number of anilines is 1. The van der Waals surface area contributed by atoms with Crippen LogP contribution < -0.4 is 26.0 Å². The second-order valence-corrected chi connectivity index (χ2v) is 9.45. The quantitative estimate of drug-likeness (QED) is 0.239. The SMILES string of the molecule is CN[C@@H](C)C(=O)NC(C)CCc1ccccc1N(C=O)Cc1c(OC)ccc2cc(-c3noc(=O)[nH]3)ccc12. The lowest BCUT2D eigenvalue weighted by atomic mass is 9.99. The largest absolute Gasteiger partial charge is 0.496 e. The Morgan fingerprint density at radius 1 is 1.18 bits per heavy atom. The molecule has 1 heterocycles. The summed E-state index contributed by atoms with van der Waals surface area (Å²) in [6.07, 6.45) is 2.23. The number of H-pyrrole nitrogens is 1. The summed E-state index contributed by atoms with van der Waals surface area (Å²) >= 11 is 0. The minimum absolute atomic E-state index is 0.0296. The van der Waals surface area contributed by atoms with Gasteiger partial charge in [0, 0.05) is 22.9 Å². The molecule has 1 aromatic heterocycles. The maximum absolute atomic E-state index is 12.4. The van der Waals surface area contributed by atoms with Gasteiger partial charge in [-0.15, -0.1) is 0 Å². The number of hydrogen-bond acceptors (Lipinski definition) is 7. The van der Waals surface area contributed by atoms with Gasteiger partial charge in [0.15, 0.2) is 5.82 Å². The van der Waals surface area contributed by atoms with E-state index in [-0.39, 0.29) is 24.5 Å². The molecule has 4 rings (SSSR count). The van der Waals surface area contributed by atoms with E-state index in [1.54, 1.807) is 19.1 Å². The van der Waals surface area contributed by atoms with Crippen LogP contribution in [-0.2, 0) is 22.6 Å². The monoisotopic (exact) mass is 531 g/mol. The molecule has 2 atom stereocenters. The van der Waals surface area contributed by atoms with Crippen molar-refractivity contribution in [1.82, 2.24) is 20.8 Å². The molecule has 3 aromatic carbocycles. The number of hydrogen-bond donors (Lipinski definition) is 3. The molecule has 1 unspecified atom stereocenters. The van der Waals surface area contributed by atoms with E-state index in [0.717, 1.165) is 40.4 Å². The van der Waals surface area contributed by atoms with Crippen LogP contribution in [-0.4, -0.2) is 48.7 Å². The molecule has 4 aromatic rings. The normalized spacial score (nSPS) is 12.6. The Bertz CT molecular complexity index is 1510. The van der Waals surface area contributed by atoms with E-state index in [0.29, 0.717) is 23.6 Å². The highest BCUT2D eigenvalue weighted by atomic mass is 16.5. The predicted octanol–water partition coefficient (Wildman–Crippen LogP) is 3.40. The summed E-state index contributed by atoms with van der Waals surface area (Å²) in [5.74, 6) is 0.331. The van der Waals surface area contributed by atoms with Gasteiger partial charge >= 0.3 is 5.76 Å². The maximum Gasteiger partial charge on any atom is 0.439 e. The molecule has 10 nitrogen and oxygen atoms in total. The number of nitrogens with one attached hydrogen (secondary N) is 3. The van der Waals surface area contributed by atoms with Gasteiger partial charge in [0.05, 0.1) is 19.7 Å². The minimum atomic E-state index is -0.620. The van der Waals surface area contributed by atoms with Crippen LogP contribution in [0.15, 0.2) is 63.9 Å². The van der Waals surface area contributed by atoms with Crippen molar-refractivity contribution in [2.24, 2.45) is 0 Å². The van der Waals surface area contributed by atoms with Gasteiger partial charge in [-0.2, -0.15) is 0 Å². The van der Waals surface area contributed by atoms with E-state index in [1.165, 1.54) is 0 Å². The van der Waals surface area contributed by atoms with Crippen molar-refractivity contribution in [3.63, 3.8) is 0 Å². The zero-order chi connectivity index (χ0) is 27.9. The number of aromatic amines is 1. The van der Waals surface area contributed by atoms with Crippen LogP contribution in [0, 0.1) is 0 Å². The third kappa shape index (κ3) is 6.35. The van der Waals surface area contributed by atoms with Crippen molar-refractivity contribution in [2.75, 3.05) is 19.1 Å². The van der Waals surface area contributed by atoms with E-state index in [4.69, 9.17) is 4.74 Å². The van der Waals surface area contributed by atoms with Gasteiger partial charge in [0.2, 0.25) is 12.3 Å². The number of aromatic nitrogens is 2. The molecule has 0 fully saturated rings. The Hall–Kier alpha value is -4.44. The van der Waals surface area contributed by atoms with Crippen molar-refractivity contribution in [1.29, 1.82) is 0 Å². The van der Waals surface area contributed by atoms with Crippen molar-refractivity contribution >= 4 is 28.8 Å². The van der Waals surface area contributed by atoms with Gasteiger partial charge in [-0.25, -0.2) is 4.79 Å². The first-order chi connectivity index (χ1) is 18.8. The van der Waals surface area contributed by atoms with E-state index in [2.05, 4.69) is 25.3 Å². The number of benzene rings is 3. The molecule has 204 valence electrons. The average molecular weight is 532 g/mol. The topological polar surface area (TPSA) is 130 Å². The number of rotatable bonds is 12. The summed E-state index contributed by atoms with van der Waals surface area (Å²) in [4.78, 5) is 40.2. The van der Waals surface area contributed by atoms with E-state index >= 15 is 0 Å². The zero-order valence-electron chi connectivity index (χ0n) is 22.5. The Labute approximate surface area is 226 Å². The lowest BCUT2D eigenvalue weighted by Gasteiger charge is -2.24. The van der Waals surface area contributed by atoms with Crippen LogP contribution in [0.5, 0.6) is 5.75 Å². The number of para-hydroxylation sites is 1. The van der Waals surface area contributed by atoms with Crippen molar-refractivity contribution in [3.05, 3.63) is 76.3 Å². The number of likely N-dealkylation sites (N-methyl/N-ethyl adjacent to an activating group) is 1. The van der Waals surface area contributed by atoms with E-state index < -0.39 is 5.76 Å². The van der Waals surface area contributed by atoms with Crippen LogP contribution in [0.25, 0.3) is 22.2 Å². The fraction of sp³-hybridized carbons (Fsp3) is 0.310. The maximum atomic E-state index is 12.4. The van der Waals surface area contributed by atoms with E-state index in [9.17, 15) is 14.4 Å². The fourth-order valence-electron chi connectivity index (χ4n) is 4.53. The van der Waals surface area contributed by atoms with Crippen LogP contribution >= 0.6 is 0 Å². The molecule has 10 heteroatoms. The highest BCUT2D eigenvalue weighted by molar-refractivity contribution is 5.92. The molecule has 0 spiro atoms. The van der Waals surface area contributed by atoms with Gasteiger partial charge in [0.25, 0.3) is 0 Å². The average Bonchev–Trinajstić information content (AvgIpc) is 3.40. The number of fused-ring (bicyclic) bond motifs is 1. The molecular formula is C29H33N5O5. The molecule has 0 aliphatic carbocycles. The first kappa shape index (κ1) is 27.6. The molecule has 39 heavy (non-hydrogen) atoms. The van der Waals surface area contributed by atoms with Crippen LogP contribution in [0.3, 0.4) is 0 Å². The second-order valence-electron chi connectivity index (χ2n) is 9.45. The second kappa shape index (κ2) is 12.4. The number of carbonyl (C=O) groups is 2. The molecule has 0 saturated carbocycles. The van der Waals surface area contributed by atoms with Crippen molar-refractivity contribution in [2.45, 2.75) is 45.3 Å². The van der Waals surface area contributed by atoms with E-state index in [1.807, 2.05) is 68.4 Å². The molecule has 0 aliphatic heterocycles. The first-order valence-electron chi connectivity index (χ1n) is 12.8. The lowest BCUT2D eigenvalue weighted by molar-refractivity contribution is -0.123. The standard InChI is InChI=1S/C29H33N5O5/c1-18(31-28(36)19(2)30-3)9-10-20-7-5-6-8-25(20)34(17-35)16-24-23-13-11-22(27-32-29(37)39-33-27)15-21(23)12-14-26(24)38-4/h5-8,11-15,17-19,30H,9-10,16H2,1-4H3,(H,31,36)(H,32,33,37)/t18?,19-/m0/s1. The fourth-order valence-corrected chi connectivity index (χ4v) is 4.53. The zero-order valence-corrected chi connectivity index (χ0v) is 22.5. The molecule has 3 N–H and O–H groups in total. The molecular weight excluding hydrogens is 498 g/mol. The Balaban J connectivity index is 1.60. The minimum Gasteiger partial charge on any atom is -0.496 e. The number of carbonyl (C=O) groups excluding carboxylic acids is 2. The number of ether oxygens (including phenoxy) is 1. The molecule has 2 amide bonds. The van der Waals surface area contributed by atoms with Gasteiger partial charge in [-0.3, -0.25) is 19.1 Å². The Kier molecular flexibility index (Phi) is 8.77. The van der Waals surface area contributed by atoms with Gasteiger partial charge in [-0.1, -0.05) is 41.6 Å². The highest BCUT2D eigenvalue weighted by Crippen LogP contribution is 2.33. The number of aryl methyl sites for hydroxylation is 1. The smallest absolute Gasteiger partial charge is 0.439 e. The summed E-state index contributed by atoms with van der Waals surface area (Å²) in [5.41, 5.74) is 3.35. The van der Waals surface area contributed by atoms with Crippen LogP contribution in [0.2, 0.25) is 0 Å². The van der Waals surface area contributed by atoms with Crippen LogP contribution in [0.1, 0.15) is 31.4 Å².